The molecule has 0 unspecified atom stereocenters. The zero-order valence-corrected chi connectivity index (χ0v) is 16.1. The van der Waals surface area contributed by atoms with E-state index in [1.54, 1.807) is 19.1 Å². The van der Waals surface area contributed by atoms with E-state index in [0.29, 0.717) is 11.8 Å². The van der Waals surface area contributed by atoms with Gasteiger partial charge >= 0.3 is 0 Å². The number of hydrogen-bond donors (Lipinski definition) is 1. The zero-order chi connectivity index (χ0) is 17.9. The Morgan fingerprint density at radius 1 is 1.19 bits per heavy atom. The summed E-state index contributed by atoms with van der Waals surface area (Å²) in [5.74, 6) is 1.23. The number of hydrogen-bond acceptors (Lipinski definition) is 6. The highest BCUT2D eigenvalue weighted by molar-refractivity contribution is 8.00. The largest absolute Gasteiger partial charge is 0.479 e. The number of fused-ring (bicyclic) bond motifs is 1. The molecule has 4 rings (SSSR count). The van der Waals surface area contributed by atoms with Crippen LogP contribution in [-0.4, -0.2) is 50.3 Å². The van der Waals surface area contributed by atoms with E-state index in [2.05, 4.69) is 47.0 Å². The summed E-state index contributed by atoms with van der Waals surface area (Å²) in [5, 5.41) is 0. The van der Waals surface area contributed by atoms with E-state index in [0.717, 1.165) is 50.5 Å². The lowest BCUT2D eigenvalue weighted by Crippen LogP contribution is -2.24. The van der Waals surface area contributed by atoms with Crippen LogP contribution in [-0.2, 0) is 17.6 Å². The van der Waals surface area contributed by atoms with E-state index in [4.69, 9.17) is 14.5 Å². The van der Waals surface area contributed by atoms with Gasteiger partial charge in [-0.05, 0) is 54.7 Å². The smallest absolute Gasteiger partial charge is 0.238 e. The van der Waals surface area contributed by atoms with Crippen molar-refractivity contribution in [3.8, 4) is 5.88 Å². The number of nitrogens with zero attached hydrogens (tertiary/aromatic N) is 2. The van der Waals surface area contributed by atoms with Gasteiger partial charge in [0.15, 0.2) is 0 Å². The molecule has 6 heteroatoms. The molecule has 0 saturated carbocycles. The second-order valence-corrected chi connectivity index (χ2v) is 7.84. The van der Waals surface area contributed by atoms with Gasteiger partial charge in [-0.3, -0.25) is 0 Å². The fourth-order valence-corrected chi connectivity index (χ4v) is 3.95. The molecule has 0 spiro atoms. The standard InChI is InChI=1S/C20H25N3O2S/c1-23-9-7-15-11-19(20(24-2)21-18(15)8-10-23)22-26-17-5-3-14(4-6-17)16-12-25-13-16/h3-6,11,16,22H,7-10,12-13H2,1-2H3. The molecule has 5 nitrogen and oxygen atoms in total. The molecule has 1 fully saturated rings. The number of aromatic nitrogens is 1. The lowest BCUT2D eigenvalue weighted by Gasteiger charge is -2.26. The summed E-state index contributed by atoms with van der Waals surface area (Å²) in [4.78, 5) is 8.28. The molecule has 1 aromatic heterocycles. The highest BCUT2D eigenvalue weighted by atomic mass is 32.2. The minimum atomic E-state index is 0.564. The van der Waals surface area contributed by atoms with Gasteiger partial charge in [-0.1, -0.05) is 12.1 Å². The first kappa shape index (κ1) is 17.6. The Kier molecular flexibility index (Phi) is 5.33. The van der Waals surface area contributed by atoms with Gasteiger partial charge in [-0.2, -0.15) is 0 Å². The summed E-state index contributed by atoms with van der Waals surface area (Å²) in [7, 11) is 3.85. The predicted octanol–water partition coefficient (Wildman–Crippen LogP) is 3.35. The Balaban J connectivity index is 1.47. The Hall–Kier alpha value is -1.76. The lowest BCUT2D eigenvalue weighted by atomic mass is 9.98. The summed E-state index contributed by atoms with van der Waals surface area (Å²) < 4.78 is 14.2. The number of nitrogens with one attached hydrogen (secondary N) is 1. The molecule has 2 aliphatic rings. The van der Waals surface area contributed by atoms with Gasteiger partial charge in [0, 0.05) is 36.0 Å². The quantitative estimate of drug-likeness (QED) is 0.814. The fraction of sp³-hybridized carbons (Fsp3) is 0.450. The first-order valence-corrected chi connectivity index (χ1v) is 9.90. The third-order valence-electron chi connectivity index (χ3n) is 5.11. The highest BCUT2D eigenvalue weighted by Gasteiger charge is 2.20. The van der Waals surface area contributed by atoms with Crippen LogP contribution in [0.1, 0.15) is 22.7 Å². The molecule has 3 heterocycles. The molecule has 0 aliphatic carbocycles. The van der Waals surface area contributed by atoms with Crippen molar-refractivity contribution >= 4 is 17.6 Å². The Bertz CT molecular complexity index is 762. The van der Waals surface area contributed by atoms with Crippen molar-refractivity contribution in [3.05, 3.63) is 47.2 Å². The number of pyridine rings is 1. The van der Waals surface area contributed by atoms with Crippen LogP contribution in [0.4, 0.5) is 5.69 Å². The number of anilines is 1. The molecule has 0 amide bonds. The van der Waals surface area contributed by atoms with Crippen molar-refractivity contribution in [2.45, 2.75) is 23.7 Å². The van der Waals surface area contributed by atoms with Crippen LogP contribution in [0.2, 0.25) is 0 Å². The average Bonchev–Trinajstić information content (AvgIpc) is 2.80. The summed E-state index contributed by atoms with van der Waals surface area (Å²) in [6, 6.07) is 10.9. The first-order valence-electron chi connectivity index (χ1n) is 9.09. The van der Waals surface area contributed by atoms with Crippen LogP contribution in [0.3, 0.4) is 0 Å². The fourth-order valence-electron chi connectivity index (χ4n) is 3.31. The molecule has 1 aromatic carbocycles. The van der Waals surface area contributed by atoms with E-state index in [-0.39, 0.29) is 0 Å². The van der Waals surface area contributed by atoms with Gasteiger partial charge in [0.05, 0.1) is 20.3 Å². The van der Waals surface area contributed by atoms with Crippen LogP contribution in [0, 0.1) is 0 Å². The maximum atomic E-state index is 5.53. The maximum absolute atomic E-state index is 5.53. The summed E-state index contributed by atoms with van der Waals surface area (Å²) in [5.41, 5.74) is 4.78. The van der Waals surface area contributed by atoms with Crippen molar-refractivity contribution in [2.24, 2.45) is 0 Å². The van der Waals surface area contributed by atoms with Crippen molar-refractivity contribution in [2.75, 3.05) is 45.2 Å². The molecule has 26 heavy (non-hydrogen) atoms. The Morgan fingerprint density at radius 2 is 1.96 bits per heavy atom. The zero-order valence-electron chi connectivity index (χ0n) is 15.3. The molecular weight excluding hydrogens is 346 g/mol. The number of rotatable bonds is 5. The number of benzene rings is 1. The van der Waals surface area contributed by atoms with E-state index in [1.807, 2.05) is 0 Å². The SMILES string of the molecule is COc1nc2c(cc1NSc1ccc(C3COC3)cc1)CCN(C)CC2. The summed E-state index contributed by atoms with van der Waals surface area (Å²) >= 11 is 1.59. The lowest BCUT2D eigenvalue weighted by molar-refractivity contribution is 0.00840. The normalized spacial score (nSPS) is 17.9. The van der Waals surface area contributed by atoms with Crippen LogP contribution in [0.25, 0.3) is 0 Å². The van der Waals surface area contributed by atoms with Gasteiger partial charge in [0.25, 0.3) is 0 Å². The monoisotopic (exact) mass is 371 g/mol. The number of ether oxygens (including phenoxy) is 2. The van der Waals surface area contributed by atoms with Gasteiger partial charge in [-0.25, -0.2) is 4.98 Å². The molecule has 1 N–H and O–H groups in total. The van der Waals surface area contributed by atoms with Crippen molar-refractivity contribution in [3.63, 3.8) is 0 Å². The Morgan fingerprint density at radius 3 is 2.65 bits per heavy atom. The van der Waals surface area contributed by atoms with Gasteiger partial charge in [0.1, 0.15) is 5.69 Å². The van der Waals surface area contributed by atoms with Crippen LogP contribution in [0.5, 0.6) is 5.88 Å². The van der Waals surface area contributed by atoms with E-state index in [1.165, 1.54) is 16.0 Å². The van der Waals surface area contributed by atoms with E-state index >= 15 is 0 Å². The van der Waals surface area contributed by atoms with Gasteiger partial charge in [0.2, 0.25) is 5.88 Å². The third-order valence-corrected chi connectivity index (χ3v) is 5.94. The Labute approximate surface area is 159 Å². The number of methoxy groups -OCH3 is 1. The predicted molar refractivity (Wildman–Crippen MR) is 105 cm³/mol. The van der Waals surface area contributed by atoms with Gasteiger partial charge < -0.3 is 19.1 Å². The second kappa shape index (κ2) is 7.86. The average molecular weight is 372 g/mol. The van der Waals surface area contributed by atoms with E-state index < -0.39 is 0 Å². The topological polar surface area (TPSA) is 46.6 Å². The van der Waals surface area contributed by atoms with Crippen molar-refractivity contribution in [1.29, 1.82) is 0 Å². The third kappa shape index (κ3) is 3.82. The molecule has 0 radical (unpaired) electrons. The highest BCUT2D eigenvalue weighted by Crippen LogP contribution is 2.32. The second-order valence-electron chi connectivity index (χ2n) is 6.96. The van der Waals surface area contributed by atoms with Gasteiger partial charge in [-0.15, -0.1) is 0 Å². The van der Waals surface area contributed by atoms with Crippen molar-refractivity contribution in [1.82, 2.24) is 9.88 Å². The van der Waals surface area contributed by atoms with Crippen LogP contribution >= 0.6 is 11.9 Å². The maximum Gasteiger partial charge on any atom is 0.238 e. The molecule has 138 valence electrons. The molecule has 2 aliphatic heterocycles. The minimum absolute atomic E-state index is 0.564. The van der Waals surface area contributed by atoms with Crippen LogP contribution < -0.4 is 9.46 Å². The summed E-state index contributed by atoms with van der Waals surface area (Å²) in [6.45, 7) is 3.80. The van der Waals surface area contributed by atoms with E-state index in [9.17, 15) is 0 Å². The molecule has 0 bridgehead atoms. The van der Waals surface area contributed by atoms with Crippen LogP contribution in [0.15, 0.2) is 35.2 Å². The molecule has 0 atom stereocenters. The summed E-state index contributed by atoms with van der Waals surface area (Å²) in [6.07, 6.45) is 2.00. The molecular formula is C20H25N3O2S. The minimum Gasteiger partial charge on any atom is -0.479 e. The molecule has 1 saturated heterocycles. The number of likely N-dealkylation sites (N-methyl/N-ethyl adjacent to an activating group) is 1. The molecule has 2 aromatic rings. The first-order chi connectivity index (χ1) is 12.7. The van der Waals surface area contributed by atoms with Crippen molar-refractivity contribution < 1.29 is 9.47 Å².